The average Bonchev–Trinajstić information content (AvgIpc) is 2.57. The Balaban J connectivity index is 2.15. The maximum Gasteiger partial charge on any atom is 0.245 e. The van der Waals surface area contributed by atoms with E-state index in [4.69, 9.17) is 5.11 Å². The highest BCUT2D eigenvalue weighted by atomic mass is 16.3. The van der Waals surface area contributed by atoms with Crippen molar-refractivity contribution >= 4 is 5.91 Å². The van der Waals surface area contributed by atoms with Crippen molar-refractivity contribution in [1.82, 2.24) is 10.3 Å². The molecule has 0 aliphatic rings. The van der Waals surface area contributed by atoms with E-state index >= 15 is 0 Å². The van der Waals surface area contributed by atoms with Gasteiger partial charge in [-0.3, -0.25) is 4.79 Å². The quantitative estimate of drug-likeness (QED) is 0.576. The average molecular weight is 168 g/mol. The zero-order valence-corrected chi connectivity index (χ0v) is 6.71. The van der Waals surface area contributed by atoms with Crippen LogP contribution in [0.25, 0.3) is 0 Å². The molecule has 0 saturated heterocycles. The Labute approximate surface area is 70.6 Å². The summed E-state index contributed by atoms with van der Waals surface area (Å²) in [4.78, 5) is 13.5. The molecule has 4 nitrogen and oxygen atoms in total. The van der Waals surface area contributed by atoms with Crippen LogP contribution in [-0.2, 0) is 11.2 Å². The number of nitrogens with one attached hydrogen (secondary N) is 2. The largest absolute Gasteiger partial charge is 0.387 e. The molecule has 4 heteroatoms. The fourth-order valence-corrected chi connectivity index (χ4v) is 0.916. The number of carbonyl (C=O) groups is 1. The third-order valence-electron chi connectivity index (χ3n) is 1.54. The van der Waals surface area contributed by atoms with Gasteiger partial charge in [0.25, 0.3) is 0 Å². The van der Waals surface area contributed by atoms with Gasteiger partial charge in [-0.2, -0.15) is 0 Å². The maximum absolute atomic E-state index is 10.6. The van der Waals surface area contributed by atoms with Gasteiger partial charge in [-0.15, -0.1) is 0 Å². The first-order chi connectivity index (χ1) is 5.83. The highest BCUT2D eigenvalue weighted by molar-refractivity contribution is 5.76. The van der Waals surface area contributed by atoms with Gasteiger partial charge >= 0.3 is 0 Å². The molecule has 0 atom stereocenters. The third kappa shape index (κ3) is 2.75. The van der Waals surface area contributed by atoms with Crippen LogP contribution in [0.15, 0.2) is 18.5 Å². The zero-order valence-electron chi connectivity index (χ0n) is 6.71. The molecule has 12 heavy (non-hydrogen) atoms. The van der Waals surface area contributed by atoms with Gasteiger partial charge in [-0.1, -0.05) is 0 Å². The van der Waals surface area contributed by atoms with Crippen molar-refractivity contribution < 1.29 is 9.90 Å². The van der Waals surface area contributed by atoms with Crippen molar-refractivity contribution in [3.63, 3.8) is 0 Å². The van der Waals surface area contributed by atoms with Gasteiger partial charge in [0.2, 0.25) is 5.91 Å². The molecule has 0 unspecified atom stereocenters. The lowest BCUT2D eigenvalue weighted by molar-refractivity contribution is -0.123. The Morgan fingerprint density at radius 3 is 3.08 bits per heavy atom. The molecular weight excluding hydrogens is 156 g/mol. The lowest BCUT2D eigenvalue weighted by Crippen LogP contribution is -2.28. The van der Waals surface area contributed by atoms with E-state index in [-0.39, 0.29) is 5.91 Å². The predicted molar refractivity (Wildman–Crippen MR) is 44.6 cm³/mol. The van der Waals surface area contributed by atoms with E-state index in [0.29, 0.717) is 6.54 Å². The van der Waals surface area contributed by atoms with E-state index in [1.54, 1.807) is 0 Å². The summed E-state index contributed by atoms with van der Waals surface area (Å²) in [5.74, 6) is -0.328. The SMILES string of the molecule is O=C(CO)NCCc1cc[nH]c1. The number of rotatable bonds is 4. The summed E-state index contributed by atoms with van der Waals surface area (Å²) >= 11 is 0. The maximum atomic E-state index is 10.6. The number of hydrogen-bond acceptors (Lipinski definition) is 2. The van der Waals surface area contributed by atoms with E-state index < -0.39 is 6.61 Å². The highest BCUT2D eigenvalue weighted by Gasteiger charge is 1.96. The molecule has 0 fully saturated rings. The lowest BCUT2D eigenvalue weighted by atomic mass is 10.2. The van der Waals surface area contributed by atoms with Crippen molar-refractivity contribution in [2.45, 2.75) is 6.42 Å². The summed E-state index contributed by atoms with van der Waals surface area (Å²) in [6.07, 6.45) is 4.50. The number of aromatic amines is 1. The summed E-state index contributed by atoms with van der Waals surface area (Å²) < 4.78 is 0. The minimum Gasteiger partial charge on any atom is -0.387 e. The van der Waals surface area contributed by atoms with Crippen LogP contribution in [0.2, 0.25) is 0 Å². The molecule has 0 aromatic carbocycles. The number of amides is 1. The van der Waals surface area contributed by atoms with E-state index in [2.05, 4.69) is 10.3 Å². The summed E-state index contributed by atoms with van der Waals surface area (Å²) in [6.45, 7) is 0.129. The van der Waals surface area contributed by atoms with Crippen molar-refractivity contribution in [2.24, 2.45) is 0 Å². The van der Waals surface area contributed by atoms with Crippen LogP contribution in [-0.4, -0.2) is 29.1 Å². The molecule has 1 aromatic rings. The Kier molecular flexibility index (Phi) is 3.35. The molecule has 66 valence electrons. The first kappa shape index (κ1) is 8.80. The zero-order chi connectivity index (χ0) is 8.81. The van der Waals surface area contributed by atoms with Crippen LogP contribution in [0.5, 0.6) is 0 Å². The number of hydrogen-bond donors (Lipinski definition) is 3. The van der Waals surface area contributed by atoms with Crippen molar-refractivity contribution in [1.29, 1.82) is 0 Å². The van der Waals surface area contributed by atoms with Crippen LogP contribution in [0, 0.1) is 0 Å². The molecular formula is C8H12N2O2. The van der Waals surface area contributed by atoms with E-state index in [1.807, 2.05) is 18.5 Å². The monoisotopic (exact) mass is 168 g/mol. The molecule has 1 rings (SSSR count). The van der Waals surface area contributed by atoms with Crippen molar-refractivity contribution in [3.8, 4) is 0 Å². The Hall–Kier alpha value is -1.29. The third-order valence-corrected chi connectivity index (χ3v) is 1.54. The van der Waals surface area contributed by atoms with Gasteiger partial charge in [0.05, 0.1) is 0 Å². The van der Waals surface area contributed by atoms with Gasteiger partial charge in [-0.25, -0.2) is 0 Å². The first-order valence-corrected chi connectivity index (χ1v) is 3.82. The normalized spacial score (nSPS) is 9.75. The molecule has 0 spiro atoms. The first-order valence-electron chi connectivity index (χ1n) is 3.82. The molecule has 0 saturated carbocycles. The van der Waals surface area contributed by atoms with E-state index in [9.17, 15) is 4.79 Å². The number of aliphatic hydroxyl groups excluding tert-OH is 1. The summed E-state index contributed by atoms with van der Waals surface area (Å²) in [7, 11) is 0. The van der Waals surface area contributed by atoms with Gasteiger partial charge in [-0.05, 0) is 18.1 Å². The van der Waals surface area contributed by atoms with E-state index in [0.717, 1.165) is 12.0 Å². The topological polar surface area (TPSA) is 65.1 Å². The molecule has 1 amide bonds. The number of carbonyl (C=O) groups excluding carboxylic acids is 1. The van der Waals surface area contributed by atoms with Gasteiger partial charge in [0.15, 0.2) is 0 Å². The van der Waals surface area contributed by atoms with Crippen molar-refractivity contribution in [3.05, 3.63) is 24.0 Å². The standard InChI is InChI=1S/C8H12N2O2/c11-6-8(12)10-4-2-7-1-3-9-5-7/h1,3,5,9,11H,2,4,6H2,(H,10,12). The highest BCUT2D eigenvalue weighted by Crippen LogP contribution is 1.95. The minimum absolute atomic E-state index is 0.328. The lowest BCUT2D eigenvalue weighted by Gasteiger charge is -2.00. The van der Waals surface area contributed by atoms with Crippen LogP contribution in [0.3, 0.4) is 0 Å². The minimum atomic E-state index is -0.437. The fraction of sp³-hybridized carbons (Fsp3) is 0.375. The molecule has 0 bridgehead atoms. The summed E-state index contributed by atoms with van der Waals surface area (Å²) in [5.41, 5.74) is 1.15. The molecule has 1 aromatic heterocycles. The Morgan fingerprint density at radius 1 is 1.67 bits per heavy atom. The predicted octanol–water partition coefficient (Wildman–Crippen LogP) is -0.334. The molecule has 3 N–H and O–H groups in total. The number of aromatic nitrogens is 1. The van der Waals surface area contributed by atoms with Crippen LogP contribution < -0.4 is 5.32 Å². The second kappa shape index (κ2) is 4.56. The van der Waals surface area contributed by atoms with Crippen LogP contribution in [0.1, 0.15) is 5.56 Å². The van der Waals surface area contributed by atoms with Crippen LogP contribution >= 0.6 is 0 Å². The van der Waals surface area contributed by atoms with Gasteiger partial charge < -0.3 is 15.4 Å². The van der Waals surface area contributed by atoms with Crippen LogP contribution in [0.4, 0.5) is 0 Å². The smallest absolute Gasteiger partial charge is 0.245 e. The van der Waals surface area contributed by atoms with Gasteiger partial charge in [0.1, 0.15) is 6.61 Å². The molecule has 0 aliphatic carbocycles. The van der Waals surface area contributed by atoms with Gasteiger partial charge in [0, 0.05) is 18.9 Å². The Bertz CT molecular complexity index is 231. The molecule has 0 aliphatic heterocycles. The summed E-state index contributed by atoms with van der Waals surface area (Å²) in [6, 6.07) is 1.95. The summed E-state index contributed by atoms with van der Waals surface area (Å²) in [5, 5.41) is 10.9. The molecule has 1 heterocycles. The second-order valence-corrected chi connectivity index (χ2v) is 2.48. The number of H-pyrrole nitrogens is 1. The fourth-order valence-electron chi connectivity index (χ4n) is 0.916. The number of aliphatic hydroxyl groups is 1. The Morgan fingerprint density at radius 2 is 2.50 bits per heavy atom. The second-order valence-electron chi connectivity index (χ2n) is 2.48. The molecule has 0 radical (unpaired) electrons. The van der Waals surface area contributed by atoms with E-state index in [1.165, 1.54) is 0 Å². The van der Waals surface area contributed by atoms with Crippen molar-refractivity contribution in [2.75, 3.05) is 13.2 Å².